The number of aryl methyl sites for hydroxylation is 1. The van der Waals surface area contributed by atoms with Crippen LogP contribution in [0.25, 0.3) is 6.08 Å². The highest BCUT2D eigenvalue weighted by molar-refractivity contribution is 6.39. The van der Waals surface area contributed by atoms with Crippen molar-refractivity contribution in [3.05, 3.63) is 53.3 Å². The van der Waals surface area contributed by atoms with Crippen LogP contribution in [0.5, 0.6) is 0 Å². The van der Waals surface area contributed by atoms with Crippen LogP contribution in [0.4, 0.5) is 16.4 Å². The average molecular weight is 393 g/mol. The zero-order valence-corrected chi connectivity index (χ0v) is 16.3. The Bertz CT molecular complexity index is 983. The number of imide groups is 2. The standard InChI is InChI=1S/C22H23N3O4/c1-15-8-4-5-9-18(15)25-21(27)17(20(26)23-22(25)28)14-16-10-11-19(29-16)24-12-6-2-3-7-13-24/h4-5,8-11,14H,2-3,6-7,12-13H2,1H3,(H,23,26,28)/b17-14+. The van der Waals surface area contributed by atoms with Gasteiger partial charge in [-0.15, -0.1) is 0 Å². The van der Waals surface area contributed by atoms with Crippen molar-refractivity contribution >= 4 is 35.5 Å². The van der Waals surface area contributed by atoms with Gasteiger partial charge in [0.15, 0.2) is 5.88 Å². The van der Waals surface area contributed by atoms with Gasteiger partial charge in [0.1, 0.15) is 11.3 Å². The zero-order valence-electron chi connectivity index (χ0n) is 16.3. The molecule has 0 atom stereocenters. The Morgan fingerprint density at radius 3 is 2.41 bits per heavy atom. The fraction of sp³-hybridized carbons (Fsp3) is 0.318. The molecule has 2 aliphatic heterocycles. The first-order valence-electron chi connectivity index (χ1n) is 9.86. The van der Waals surface area contributed by atoms with Gasteiger partial charge < -0.3 is 9.32 Å². The van der Waals surface area contributed by atoms with Gasteiger partial charge in [-0.05, 0) is 43.5 Å². The normalized spacial score (nSPS) is 19.5. The van der Waals surface area contributed by atoms with Gasteiger partial charge in [0, 0.05) is 19.2 Å². The number of barbiturate groups is 1. The molecule has 3 heterocycles. The number of carbonyl (C=O) groups is 3. The minimum Gasteiger partial charge on any atom is -0.441 e. The van der Waals surface area contributed by atoms with Gasteiger partial charge in [-0.1, -0.05) is 31.0 Å². The van der Waals surface area contributed by atoms with Gasteiger partial charge in [-0.2, -0.15) is 0 Å². The third kappa shape index (κ3) is 3.81. The Hall–Kier alpha value is -3.35. The Balaban J connectivity index is 1.62. The molecule has 150 valence electrons. The largest absolute Gasteiger partial charge is 0.441 e. The fourth-order valence-electron chi connectivity index (χ4n) is 3.71. The van der Waals surface area contributed by atoms with Gasteiger partial charge >= 0.3 is 6.03 Å². The number of amides is 4. The maximum absolute atomic E-state index is 13.0. The van der Waals surface area contributed by atoms with Crippen LogP contribution in [0, 0.1) is 6.92 Å². The summed E-state index contributed by atoms with van der Waals surface area (Å²) < 4.78 is 5.88. The molecular formula is C22H23N3O4. The molecule has 0 radical (unpaired) electrons. The van der Waals surface area contributed by atoms with E-state index in [1.165, 1.54) is 18.9 Å². The highest BCUT2D eigenvalue weighted by Crippen LogP contribution is 2.27. The van der Waals surface area contributed by atoms with Crippen LogP contribution in [0.1, 0.15) is 37.0 Å². The summed E-state index contributed by atoms with van der Waals surface area (Å²) in [6, 6.07) is 9.87. The molecule has 7 heteroatoms. The van der Waals surface area contributed by atoms with Crippen molar-refractivity contribution in [3.8, 4) is 0 Å². The molecule has 1 aromatic heterocycles. The fourth-order valence-corrected chi connectivity index (χ4v) is 3.71. The van der Waals surface area contributed by atoms with Crippen molar-refractivity contribution in [1.82, 2.24) is 5.32 Å². The summed E-state index contributed by atoms with van der Waals surface area (Å²) in [5.41, 5.74) is 1.06. The van der Waals surface area contributed by atoms with E-state index < -0.39 is 17.8 Å². The van der Waals surface area contributed by atoms with E-state index in [4.69, 9.17) is 4.42 Å². The first-order valence-corrected chi connectivity index (χ1v) is 9.86. The number of anilines is 2. The first-order chi connectivity index (χ1) is 14.0. The molecule has 7 nitrogen and oxygen atoms in total. The van der Waals surface area contributed by atoms with Crippen molar-refractivity contribution in [1.29, 1.82) is 0 Å². The van der Waals surface area contributed by atoms with E-state index >= 15 is 0 Å². The van der Waals surface area contributed by atoms with E-state index in [9.17, 15) is 14.4 Å². The Kier molecular flexibility index (Phi) is 5.20. The molecule has 0 saturated carbocycles. The quantitative estimate of drug-likeness (QED) is 0.636. The number of hydrogen-bond donors (Lipinski definition) is 1. The number of carbonyl (C=O) groups excluding carboxylic acids is 3. The van der Waals surface area contributed by atoms with Gasteiger partial charge in [0.25, 0.3) is 11.8 Å². The zero-order chi connectivity index (χ0) is 20.4. The molecule has 4 amide bonds. The van der Waals surface area contributed by atoms with Crippen LogP contribution in [0.15, 0.2) is 46.4 Å². The molecule has 1 aromatic carbocycles. The number of urea groups is 1. The van der Waals surface area contributed by atoms with Crippen LogP contribution < -0.4 is 15.1 Å². The molecule has 2 aliphatic rings. The van der Waals surface area contributed by atoms with Gasteiger partial charge in [-0.25, -0.2) is 9.69 Å². The highest BCUT2D eigenvalue weighted by atomic mass is 16.4. The molecule has 0 bridgehead atoms. The first kappa shape index (κ1) is 19.0. The number of nitrogens with one attached hydrogen (secondary N) is 1. The average Bonchev–Trinajstić information content (AvgIpc) is 2.99. The highest BCUT2D eigenvalue weighted by Gasteiger charge is 2.37. The Morgan fingerprint density at radius 2 is 1.69 bits per heavy atom. The van der Waals surface area contributed by atoms with Crippen molar-refractivity contribution in [3.63, 3.8) is 0 Å². The van der Waals surface area contributed by atoms with Gasteiger partial charge in [0.2, 0.25) is 0 Å². The SMILES string of the molecule is Cc1ccccc1N1C(=O)NC(=O)/C(=C\c2ccc(N3CCCCCC3)o2)C1=O. The molecule has 2 fully saturated rings. The summed E-state index contributed by atoms with van der Waals surface area (Å²) >= 11 is 0. The number of nitrogens with zero attached hydrogens (tertiary/aromatic N) is 2. The minimum atomic E-state index is -0.754. The van der Waals surface area contributed by atoms with Crippen LogP contribution in [-0.2, 0) is 9.59 Å². The molecule has 0 unspecified atom stereocenters. The third-order valence-electron chi connectivity index (χ3n) is 5.27. The molecule has 2 saturated heterocycles. The maximum Gasteiger partial charge on any atom is 0.335 e. The number of rotatable bonds is 3. The van der Waals surface area contributed by atoms with E-state index in [0.29, 0.717) is 11.4 Å². The van der Waals surface area contributed by atoms with Crippen molar-refractivity contribution in [2.24, 2.45) is 0 Å². The molecule has 29 heavy (non-hydrogen) atoms. The summed E-state index contributed by atoms with van der Waals surface area (Å²) in [6.45, 7) is 3.66. The van der Waals surface area contributed by atoms with Crippen LogP contribution in [0.3, 0.4) is 0 Å². The van der Waals surface area contributed by atoms with Crippen molar-refractivity contribution in [2.75, 3.05) is 22.9 Å². The number of para-hydroxylation sites is 1. The van der Waals surface area contributed by atoms with E-state index in [2.05, 4.69) is 10.2 Å². The topological polar surface area (TPSA) is 82.9 Å². The molecule has 4 rings (SSSR count). The smallest absolute Gasteiger partial charge is 0.335 e. The molecular weight excluding hydrogens is 370 g/mol. The van der Waals surface area contributed by atoms with E-state index in [1.54, 1.807) is 31.2 Å². The van der Waals surface area contributed by atoms with Crippen molar-refractivity contribution < 1.29 is 18.8 Å². The molecule has 2 aromatic rings. The van der Waals surface area contributed by atoms with Gasteiger partial charge in [-0.3, -0.25) is 14.9 Å². The molecule has 0 aliphatic carbocycles. The number of benzene rings is 1. The monoisotopic (exact) mass is 393 g/mol. The summed E-state index contributed by atoms with van der Waals surface area (Å²) in [7, 11) is 0. The summed E-state index contributed by atoms with van der Waals surface area (Å²) in [4.78, 5) is 40.8. The lowest BCUT2D eigenvalue weighted by Crippen LogP contribution is -2.54. The maximum atomic E-state index is 13.0. The molecule has 0 spiro atoms. The van der Waals surface area contributed by atoms with Crippen LogP contribution in [0.2, 0.25) is 0 Å². The predicted molar refractivity (Wildman–Crippen MR) is 110 cm³/mol. The van der Waals surface area contributed by atoms with Gasteiger partial charge in [0.05, 0.1) is 5.69 Å². The van der Waals surface area contributed by atoms with E-state index in [0.717, 1.165) is 42.3 Å². The predicted octanol–water partition coefficient (Wildman–Crippen LogP) is 3.63. The van der Waals surface area contributed by atoms with Crippen LogP contribution in [-0.4, -0.2) is 30.9 Å². The molecule has 1 N–H and O–H groups in total. The van der Waals surface area contributed by atoms with E-state index in [-0.39, 0.29) is 5.57 Å². The third-order valence-corrected chi connectivity index (χ3v) is 5.27. The lowest BCUT2D eigenvalue weighted by molar-refractivity contribution is -0.122. The second-order valence-corrected chi connectivity index (χ2v) is 7.32. The Labute approximate surface area is 169 Å². The summed E-state index contributed by atoms with van der Waals surface area (Å²) in [5, 5.41) is 2.24. The summed E-state index contributed by atoms with van der Waals surface area (Å²) in [5.74, 6) is -0.255. The second kappa shape index (κ2) is 7.95. The second-order valence-electron chi connectivity index (χ2n) is 7.32. The van der Waals surface area contributed by atoms with Crippen molar-refractivity contribution in [2.45, 2.75) is 32.6 Å². The number of hydrogen-bond acceptors (Lipinski definition) is 5. The summed E-state index contributed by atoms with van der Waals surface area (Å²) in [6.07, 6.45) is 6.06. The minimum absolute atomic E-state index is 0.135. The van der Waals surface area contributed by atoms with E-state index in [1.807, 2.05) is 12.1 Å². The van der Waals surface area contributed by atoms with Crippen LogP contribution >= 0.6 is 0 Å². The Morgan fingerprint density at radius 1 is 0.966 bits per heavy atom. The number of furan rings is 1. The lowest BCUT2D eigenvalue weighted by Gasteiger charge is -2.27. The lowest BCUT2D eigenvalue weighted by atomic mass is 10.1.